The molecule has 1 N–H and O–H groups in total. The van der Waals surface area contributed by atoms with Crippen LogP contribution in [0.4, 0.5) is 0 Å². The van der Waals surface area contributed by atoms with Crippen molar-refractivity contribution in [1.29, 1.82) is 0 Å². The van der Waals surface area contributed by atoms with Gasteiger partial charge in [-0.05, 0) is 57.7 Å². The molecule has 186 valence electrons. The Labute approximate surface area is 212 Å². The maximum atomic E-state index is 11.8. The number of fused-ring (bicyclic) bond motifs is 1. The van der Waals surface area contributed by atoms with Gasteiger partial charge in [-0.3, -0.25) is 0 Å². The molecule has 1 saturated heterocycles. The molecular weight excluding hydrogens is 482 g/mol. The van der Waals surface area contributed by atoms with Gasteiger partial charge in [0.2, 0.25) is 0 Å². The van der Waals surface area contributed by atoms with Crippen LogP contribution in [0.2, 0.25) is 5.02 Å². The number of carbonyl (C=O) groups is 1. The number of pyridine rings is 1. The topological polar surface area (TPSA) is 99.6 Å². The van der Waals surface area contributed by atoms with E-state index in [9.17, 15) is 9.90 Å². The zero-order valence-electron chi connectivity index (χ0n) is 20.1. The van der Waals surface area contributed by atoms with Crippen LogP contribution < -0.4 is 4.74 Å². The third-order valence-electron chi connectivity index (χ3n) is 6.96. The third kappa shape index (κ3) is 4.04. The van der Waals surface area contributed by atoms with E-state index in [-0.39, 0.29) is 17.7 Å². The molecule has 1 saturated carbocycles. The van der Waals surface area contributed by atoms with Crippen LogP contribution in [0.3, 0.4) is 0 Å². The number of aryl methyl sites for hydroxylation is 2. The van der Waals surface area contributed by atoms with E-state index >= 15 is 0 Å². The van der Waals surface area contributed by atoms with Crippen LogP contribution in [0, 0.1) is 13.8 Å². The highest BCUT2D eigenvalue weighted by Gasteiger charge is 2.29. The predicted octanol–water partition coefficient (Wildman–Crippen LogP) is 6.22. The summed E-state index contributed by atoms with van der Waals surface area (Å²) in [5.41, 5.74) is 5.08. The average molecular weight is 508 g/mol. The molecule has 0 atom stereocenters. The van der Waals surface area contributed by atoms with Crippen LogP contribution in [0.15, 0.2) is 35.1 Å². The molecule has 0 radical (unpaired) electrons. The quantitative estimate of drug-likeness (QED) is 0.330. The van der Waals surface area contributed by atoms with E-state index in [2.05, 4.69) is 22.0 Å². The molecule has 9 heteroatoms. The summed E-state index contributed by atoms with van der Waals surface area (Å²) in [6.07, 6.45) is 7.65. The van der Waals surface area contributed by atoms with E-state index in [1.807, 2.05) is 20.0 Å². The Morgan fingerprint density at radius 1 is 1.14 bits per heavy atom. The van der Waals surface area contributed by atoms with Crippen molar-refractivity contribution in [2.24, 2.45) is 0 Å². The Morgan fingerprint density at radius 2 is 1.92 bits per heavy atom. The minimum absolute atomic E-state index is 0.0729. The second-order valence-corrected chi connectivity index (χ2v) is 9.95. The summed E-state index contributed by atoms with van der Waals surface area (Å²) in [6.45, 7) is 5.19. The minimum atomic E-state index is -1.05. The minimum Gasteiger partial charge on any atom is -0.490 e. The number of carboxylic acids is 1. The van der Waals surface area contributed by atoms with Crippen molar-refractivity contribution in [2.45, 2.75) is 51.7 Å². The molecule has 4 aromatic rings. The molecule has 0 unspecified atom stereocenters. The van der Waals surface area contributed by atoms with Crippen LogP contribution in [-0.2, 0) is 4.74 Å². The van der Waals surface area contributed by atoms with Crippen LogP contribution in [0.5, 0.6) is 5.75 Å². The molecule has 0 bridgehead atoms. The highest BCUT2D eigenvalue weighted by molar-refractivity contribution is 6.34. The molecular formula is C27H26ClN3O5. The second kappa shape index (κ2) is 8.94. The molecule has 1 aromatic carbocycles. The van der Waals surface area contributed by atoms with Gasteiger partial charge in [-0.2, -0.15) is 0 Å². The Balaban J connectivity index is 1.60. The summed E-state index contributed by atoms with van der Waals surface area (Å²) >= 11 is 6.78. The molecule has 36 heavy (non-hydrogen) atoms. The van der Waals surface area contributed by atoms with Crippen molar-refractivity contribution in [3.05, 3.63) is 52.6 Å². The zero-order chi connectivity index (χ0) is 25.0. The van der Waals surface area contributed by atoms with E-state index in [0.29, 0.717) is 29.5 Å². The Bertz CT molecular complexity index is 1460. The SMILES string of the molecule is Cc1noc(C)c1-c1cnc2c(c1)c(-c1c(Cl)cc(C(=O)O)cc1OC1CC1)cn2C1CCOCC1. The Kier molecular flexibility index (Phi) is 5.73. The standard InChI is InChI=1S/C27H26ClN3O5/c1-14-24(15(2)36-30-14)17-9-20-21(13-31(26(20)29-12-17)18-5-7-34-8-6-18)25-22(28)10-16(27(32)33)11-23(25)35-19-3-4-19/h9-13,18-19H,3-8H2,1-2H3,(H,32,33). The van der Waals surface area contributed by atoms with Crippen molar-refractivity contribution in [1.82, 2.24) is 14.7 Å². The van der Waals surface area contributed by atoms with Crippen LogP contribution >= 0.6 is 11.6 Å². The number of hydrogen-bond acceptors (Lipinski definition) is 6. The highest BCUT2D eigenvalue weighted by atomic mass is 35.5. The van der Waals surface area contributed by atoms with Gasteiger partial charge < -0.3 is 23.7 Å². The normalized spacial score (nSPS) is 16.5. The van der Waals surface area contributed by atoms with E-state index in [1.54, 1.807) is 6.07 Å². The summed E-state index contributed by atoms with van der Waals surface area (Å²) in [4.78, 5) is 16.7. The number of carboxylic acid groups (broad SMARTS) is 1. The van der Waals surface area contributed by atoms with Gasteiger partial charge in [0.1, 0.15) is 17.2 Å². The smallest absolute Gasteiger partial charge is 0.335 e. The Morgan fingerprint density at radius 3 is 2.58 bits per heavy atom. The number of ether oxygens (including phenoxy) is 2. The Hall–Kier alpha value is -3.36. The number of aromatic nitrogens is 3. The number of rotatable bonds is 6. The van der Waals surface area contributed by atoms with Crippen molar-refractivity contribution in [2.75, 3.05) is 13.2 Å². The lowest BCUT2D eigenvalue weighted by atomic mass is 9.99. The summed E-state index contributed by atoms with van der Waals surface area (Å²) in [6, 6.07) is 5.38. The number of nitrogens with zero attached hydrogens (tertiary/aromatic N) is 3. The first-order valence-electron chi connectivity index (χ1n) is 12.2. The fourth-order valence-corrected chi connectivity index (χ4v) is 5.34. The lowest BCUT2D eigenvalue weighted by Gasteiger charge is -2.24. The van der Waals surface area contributed by atoms with Crippen LogP contribution in [0.1, 0.15) is 53.5 Å². The summed E-state index contributed by atoms with van der Waals surface area (Å²) in [5.74, 6) is 0.160. The predicted molar refractivity (Wildman–Crippen MR) is 135 cm³/mol. The molecule has 6 rings (SSSR count). The van der Waals surface area contributed by atoms with Crippen molar-refractivity contribution in [3.8, 4) is 28.0 Å². The van der Waals surface area contributed by atoms with Gasteiger partial charge in [0.25, 0.3) is 0 Å². The second-order valence-electron chi connectivity index (χ2n) is 9.54. The molecule has 2 fully saturated rings. The van der Waals surface area contributed by atoms with Gasteiger partial charge in [-0.1, -0.05) is 16.8 Å². The fraction of sp³-hybridized carbons (Fsp3) is 0.370. The maximum Gasteiger partial charge on any atom is 0.335 e. The summed E-state index contributed by atoms with van der Waals surface area (Å²) in [5, 5.41) is 15.0. The molecule has 8 nitrogen and oxygen atoms in total. The van der Waals surface area contributed by atoms with E-state index in [0.717, 1.165) is 64.9 Å². The largest absolute Gasteiger partial charge is 0.490 e. The fourth-order valence-electron chi connectivity index (χ4n) is 5.03. The molecule has 0 spiro atoms. The van der Waals surface area contributed by atoms with Gasteiger partial charge in [0.15, 0.2) is 0 Å². The van der Waals surface area contributed by atoms with Crippen molar-refractivity contribution >= 4 is 28.6 Å². The number of hydrogen-bond donors (Lipinski definition) is 1. The number of benzene rings is 1. The molecule has 4 heterocycles. The molecule has 0 amide bonds. The number of halogens is 1. The first-order valence-corrected chi connectivity index (χ1v) is 12.5. The highest BCUT2D eigenvalue weighted by Crippen LogP contribution is 2.45. The zero-order valence-corrected chi connectivity index (χ0v) is 20.8. The van der Waals surface area contributed by atoms with Gasteiger partial charge in [-0.25, -0.2) is 9.78 Å². The number of aromatic carboxylic acids is 1. The monoisotopic (exact) mass is 507 g/mol. The van der Waals surface area contributed by atoms with Gasteiger partial charge in [-0.15, -0.1) is 0 Å². The maximum absolute atomic E-state index is 11.8. The van der Waals surface area contributed by atoms with E-state index in [4.69, 9.17) is 30.6 Å². The van der Waals surface area contributed by atoms with Crippen molar-refractivity contribution < 1.29 is 23.9 Å². The van der Waals surface area contributed by atoms with Gasteiger partial charge in [0.05, 0.1) is 22.4 Å². The lowest BCUT2D eigenvalue weighted by Crippen LogP contribution is -2.19. The molecule has 1 aliphatic carbocycles. The molecule has 3 aromatic heterocycles. The summed E-state index contributed by atoms with van der Waals surface area (Å²) in [7, 11) is 0. The lowest BCUT2D eigenvalue weighted by molar-refractivity contribution is 0.0695. The summed E-state index contributed by atoms with van der Waals surface area (Å²) < 4.78 is 19.4. The van der Waals surface area contributed by atoms with E-state index in [1.165, 1.54) is 6.07 Å². The van der Waals surface area contributed by atoms with Crippen molar-refractivity contribution in [3.63, 3.8) is 0 Å². The average Bonchev–Trinajstić information content (AvgIpc) is 3.52. The van der Waals surface area contributed by atoms with Crippen LogP contribution in [0.25, 0.3) is 33.3 Å². The molecule has 2 aliphatic rings. The molecule has 1 aliphatic heterocycles. The van der Waals surface area contributed by atoms with E-state index < -0.39 is 5.97 Å². The van der Waals surface area contributed by atoms with Gasteiger partial charge in [0, 0.05) is 59.3 Å². The van der Waals surface area contributed by atoms with Crippen LogP contribution in [-0.4, -0.2) is 45.1 Å². The first-order chi connectivity index (χ1) is 17.4. The van der Waals surface area contributed by atoms with Gasteiger partial charge >= 0.3 is 5.97 Å². The third-order valence-corrected chi connectivity index (χ3v) is 7.26. The first kappa shape index (κ1) is 23.1.